The second-order valence-corrected chi connectivity index (χ2v) is 8.55. The molecule has 1 N–H and O–H groups in total. The standard InChI is InChI=1S/C24H29N3O2/c1-28-23-12-20-15-27(13-17-10-18-6-2-3-7-22(18)29-16-17)14-19(20)11-21(23)26-24-8-4-5-9-25-24/h2-10,19-21,23H,11-16H2,1H3,(H,25,26)/t19-,20+,21-,23-/m1/s1. The summed E-state index contributed by atoms with van der Waals surface area (Å²) >= 11 is 0. The number of para-hydroxylation sites is 1. The van der Waals surface area contributed by atoms with E-state index in [1.807, 2.05) is 43.6 Å². The van der Waals surface area contributed by atoms with Crippen molar-refractivity contribution in [3.8, 4) is 5.75 Å². The molecule has 3 heterocycles. The summed E-state index contributed by atoms with van der Waals surface area (Å²) in [6, 6.07) is 14.6. The van der Waals surface area contributed by atoms with Crippen LogP contribution in [-0.2, 0) is 4.74 Å². The van der Waals surface area contributed by atoms with E-state index in [1.165, 1.54) is 11.1 Å². The van der Waals surface area contributed by atoms with Crippen LogP contribution in [0.2, 0.25) is 0 Å². The van der Waals surface area contributed by atoms with E-state index in [9.17, 15) is 0 Å². The lowest BCUT2D eigenvalue weighted by molar-refractivity contribution is 0.0304. The minimum absolute atomic E-state index is 0.238. The molecule has 1 saturated carbocycles. The monoisotopic (exact) mass is 391 g/mol. The normalized spacial score (nSPS) is 28.8. The third kappa shape index (κ3) is 4.02. The van der Waals surface area contributed by atoms with Crippen LogP contribution in [0, 0.1) is 11.8 Å². The molecule has 5 heteroatoms. The van der Waals surface area contributed by atoms with Gasteiger partial charge in [0.2, 0.25) is 0 Å². The largest absolute Gasteiger partial charge is 0.489 e. The van der Waals surface area contributed by atoms with E-state index in [1.54, 1.807) is 0 Å². The lowest BCUT2D eigenvalue weighted by Crippen LogP contribution is -2.44. The third-order valence-corrected chi connectivity index (χ3v) is 6.61. The number of ether oxygens (including phenoxy) is 2. The van der Waals surface area contributed by atoms with Crippen LogP contribution in [0.3, 0.4) is 0 Å². The molecular formula is C24H29N3O2. The zero-order valence-corrected chi connectivity index (χ0v) is 17.0. The molecule has 2 aliphatic heterocycles. The highest BCUT2D eigenvalue weighted by molar-refractivity contribution is 5.62. The second kappa shape index (κ2) is 8.17. The molecule has 2 fully saturated rings. The Hall–Kier alpha value is -2.37. The molecule has 3 aliphatic rings. The second-order valence-electron chi connectivity index (χ2n) is 8.55. The van der Waals surface area contributed by atoms with Gasteiger partial charge in [-0.2, -0.15) is 0 Å². The topological polar surface area (TPSA) is 46.6 Å². The van der Waals surface area contributed by atoms with Crippen LogP contribution in [0.1, 0.15) is 18.4 Å². The molecule has 1 aliphatic carbocycles. The van der Waals surface area contributed by atoms with Crippen molar-refractivity contribution in [1.82, 2.24) is 9.88 Å². The first-order valence-corrected chi connectivity index (χ1v) is 10.6. The van der Waals surface area contributed by atoms with Crippen molar-refractivity contribution < 1.29 is 9.47 Å². The summed E-state index contributed by atoms with van der Waals surface area (Å²) in [7, 11) is 1.84. The third-order valence-electron chi connectivity index (χ3n) is 6.61. The Morgan fingerprint density at radius 3 is 2.76 bits per heavy atom. The molecule has 0 radical (unpaired) electrons. The predicted octanol–water partition coefficient (Wildman–Crippen LogP) is 3.69. The molecule has 5 nitrogen and oxygen atoms in total. The van der Waals surface area contributed by atoms with Crippen LogP contribution in [0.15, 0.2) is 54.2 Å². The Labute approximate surface area is 172 Å². The van der Waals surface area contributed by atoms with Crippen LogP contribution < -0.4 is 10.1 Å². The quantitative estimate of drug-likeness (QED) is 0.842. The molecule has 1 saturated heterocycles. The van der Waals surface area contributed by atoms with Crippen molar-refractivity contribution >= 4 is 11.9 Å². The fourth-order valence-corrected chi connectivity index (χ4v) is 5.23. The fraction of sp³-hybridized carbons (Fsp3) is 0.458. The molecule has 0 amide bonds. The van der Waals surface area contributed by atoms with Gasteiger partial charge in [-0.05, 0) is 54.5 Å². The van der Waals surface area contributed by atoms with Gasteiger partial charge in [-0.3, -0.25) is 4.90 Å². The van der Waals surface area contributed by atoms with Gasteiger partial charge in [-0.15, -0.1) is 0 Å². The molecule has 0 bridgehead atoms. The van der Waals surface area contributed by atoms with Gasteiger partial charge in [0, 0.05) is 38.5 Å². The SMILES string of the molecule is CO[C@@H]1C[C@H]2CN(CC3=Cc4ccccc4OC3)C[C@H]2C[C@H]1Nc1ccccn1. The highest BCUT2D eigenvalue weighted by atomic mass is 16.5. The Bertz CT molecular complexity index is 869. The molecule has 0 unspecified atom stereocenters. The van der Waals surface area contributed by atoms with Crippen molar-refractivity contribution in [2.24, 2.45) is 11.8 Å². The van der Waals surface area contributed by atoms with Crippen molar-refractivity contribution in [2.75, 3.05) is 38.7 Å². The lowest BCUT2D eigenvalue weighted by atomic mass is 9.77. The number of rotatable bonds is 5. The van der Waals surface area contributed by atoms with Gasteiger partial charge in [0.1, 0.15) is 18.2 Å². The first-order chi connectivity index (χ1) is 14.3. The molecule has 152 valence electrons. The zero-order valence-electron chi connectivity index (χ0n) is 17.0. The Morgan fingerprint density at radius 2 is 1.93 bits per heavy atom. The maximum absolute atomic E-state index is 5.95. The molecule has 1 aromatic heterocycles. The highest BCUT2D eigenvalue weighted by Gasteiger charge is 2.42. The summed E-state index contributed by atoms with van der Waals surface area (Å²) in [5.74, 6) is 3.35. The van der Waals surface area contributed by atoms with E-state index in [-0.39, 0.29) is 6.10 Å². The number of nitrogens with one attached hydrogen (secondary N) is 1. The van der Waals surface area contributed by atoms with Crippen molar-refractivity contribution in [3.63, 3.8) is 0 Å². The van der Waals surface area contributed by atoms with Crippen molar-refractivity contribution in [3.05, 3.63) is 59.8 Å². The van der Waals surface area contributed by atoms with Crippen LogP contribution >= 0.6 is 0 Å². The van der Waals surface area contributed by atoms with E-state index < -0.39 is 0 Å². The van der Waals surface area contributed by atoms with Crippen LogP contribution in [0.5, 0.6) is 5.75 Å². The highest BCUT2D eigenvalue weighted by Crippen LogP contribution is 2.39. The molecule has 0 spiro atoms. The Kier molecular flexibility index (Phi) is 5.25. The van der Waals surface area contributed by atoms with E-state index in [0.717, 1.165) is 44.0 Å². The maximum Gasteiger partial charge on any atom is 0.127 e. The Balaban J connectivity index is 1.23. The summed E-state index contributed by atoms with van der Waals surface area (Å²) in [5, 5.41) is 3.62. The van der Waals surface area contributed by atoms with E-state index in [0.29, 0.717) is 24.5 Å². The average Bonchev–Trinajstić information content (AvgIpc) is 3.14. The molecule has 29 heavy (non-hydrogen) atoms. The average molecular weight is 392 g/mol. The number of hydrogen-bond donors (Lipinski definition) is 1. The summed E-state index contributed by atoms with van der Waals surface area (Å²) in [6.07, 6.45) is 6.63. The number of hydrogen-bond acceptors (Lipinski definition) is 5. The molecule has 4 atom stereocenters. The van der Waals surface area contributed by atoms with Crippen molar-refractivity contribution in [1.29, 1.82) is 0 Å². The van der Waals surface area contributed by atoms with Gasteiger partial charge in [0.05, 0.1) is 12.1 Å². The predicted molar refractivity (Wildman–Crippen MR) is 115 cm³/mol. The van der Waals surface area contributed by atoms with Crippen molar-refractivity contribution in [2.45, 2.75) is 25.0 Å². The minimum atomic E-state index is 0.238. The summed E-state index contributed by atoms with van der Waals surface area (Å²) < 4.78 is 11.8. The maximum atomic E-state index is 5.95. The van der Waals surface area contributed by atoms with Crippen LogP contribution in [0.4, 0.5) is 5.82 Å². The number of anilines is 1. The first-order valence-electron chi connectivity index (χ1n) is 10.6. The van der Waals surface area contributed by atoms with E-state index in [2.05, 4.69) is 33.4 Å². The van der Waals surface area contributed by atoms with Gasteiger partial charge in [-0.25, -0.2) is 4.98 Å². The fourth-order valence-electron chi connectivity index (χ4n) is 5.23. The molecular weight excluding hydrogens is 362 g/mol. The van der Waals surface area contributed by atoms with Gasteiger partial charge >= 0.3 is 0 Å². The zero-order chi connectivity index (χ0) is 19.6. The Morgan fingerprint density at radius 1 is 1.10 bits per heavy atom. The van der Waals surface area contributed by atoms with Crippen LogP contribution in [0.25, 0.3) is 6.08 Å². The van der Waals surface area contributed by atoms with Gasteiger partial charge in [-0.1, -0.05) is 24.3 Å². The van der Waals surface area contributed by atoms with E-state index in [4.69, 9.17) is 9.47 Å². The number of likely N-dealkylation sites (tertiary alicyclic amines) is 1. The number of benzene rings is 1. The smallest absolute Gasteiger partial charge is 0.127 e. The number of methoxy groups -OCH3 is 1. The molecule has 1 aromatic carbocycles. The van der Waals surface area contributed by atoms with Gasteiger partial charge < -0.3 is 14.8 Å². The number of aromatic nitrogens is 1. The number of pyridine rings is 1. The summed E-state index contributed by atoms with van der Waals surface area (Å²) in [5.41, 5.74) is 2.57. The van der Waals surface area contributed by atoms with Crippen LogP contribution in [-0.4, -0.2) is 55.4 Å². The minimum Gasteiger partial charge on any atom is -0.489 e. The molecule has 5 rings (SSSR count). The first kappa shape index (κ1) is 18.6. The lowest BCUT2D eigenvalue weighted by Gasteiger charge is -2.37. The van der Waals surface area contributed by atoms with Gasteiger partial charge in [0.15, 0.2) is 0 Å². The summed E-state index contributed by atoms with van der Waals surface area (Å²) in [6.45, 7) is 4.00. The number of nitrogens with zero attached hydrogens (tertiary/aromatic N) is 2. The number of fused-ring (bicyclic) bond motifs is 2. The van der Waals surface area contributed by atoms with Gasteiger partial charge in [0.25, 0.3) is 0 Å². The summed E-state index contributed by atoms with van der Waals surface area (Å²) in [4.78, 5) is 7.04. The van der Waals surface area contributed by atoms with E-state index >= 15 is 0 Å². The molecule has 2 aromatic rings.